The number of rotatable bonds is 1. The third-order valence-electron chi connectivity index (χ3n) is 3.68. The molecular formula is C18H12N2S. The SMILES string of the molecule is S=c1nc(-c2cccc3ccccc23)c2ccccc2[nH]1. The van der Waals surface area contributed by atoms with Gasteiger partial charge in [-0.2, -0.15) is 0 Å². The van der Waals surface area contributed by atoms with E-state index in [4.69, 9.17) is 12.2 Å². The molecule has 0 unspecified atom stereocenters. The van der Waals surface area contributed by atoms with Gasteiger partial charge in [0.05, 0.1) is 5.69 Å². The average Bonchev–Trinajstić information content (AvgIpc) is 2.53. The lowest BCUT2D eigenvalue weighted by Crippen LogP contribution is -1.91. The molecule has 0 amide bonds. The molecule has 0 aliphatic carbocycles. The van der Waals surface area contributed by atoms with Crippen LogP contribution in [0.25, 0.3) is 32.9 Å². The van der Waals surface area contributed by atoms with E-state index in [9.17, 15) is 0 Å². The molecule has 1 heterocycles. The van der Waals surface area contributed by atoms with Gasteiger partial charge in [0.1, 0.15) is 0 Å². The zero-order valence-electron chi connectivity index (χ0n) is 11.2. The number of benzene rings is 3. The smallest absolute Gasteiger partial charge is 0.197 e. The maximum absolute atomic E-state index is 5.28. The number of nitrogens with one attached hydrogen (secondary N) is 1. The summed E-state index contributed by atoms with van der Waals surface area (Å²) in [7, 11) is 0. The normalized spacial score (nSPS) is 11.0. The molecule has 0 saturated heterocycles. The molecule has 1 N–H and O–H groups in total. The van der Waals surface area contributed by atoms with Crippen molar-refractivity contribution in [3.05, 3.63) is 71.5 Å². The van der Waals surface area contributed by atoms with E-state index >= 15 is 0 Å². The molecule has 0 saturated carbocycles. The van der Waals surface area contributed by atoms with Crippen molar-refractivity contribution in [3.63, 3.8) is 0 Å². The summed E-state index contributed by atoms with van der Waals surface area (Å²) in [5.41, 5.74) is 3.07. The summed E-state index contributed by atoms with van der Waals surface area (Å²) >= 11 is 5.28. The minimum Gasteiger partial charge on any atom is -0.330 e. The quantitative estimate of drug-likeness (QED) is 0.493. The number of fused-ring (bicyclic) bond motifs is 2. The fourth-order valence-electron chi connectivity index (χ4n) is 2.74. The van der Waals surface area contributed by atoms with Gasteiger partial charge >= 0.3 is 0 Å². The highest BCUT2D eigenvalue weighted by molar-refractivity contribution is 7.71. The van der Waals surface area contributed by atoms with Gasteiger partial charge in [0.15, 0.2) is 4.77 Å². The van der Waals surface area contributed by atoms with Gasteiger partial charge in [0, 0.05) is 16.5 Å². The van der Waals surface area contributed by atoms with Crippen LogP contribution in [0.5, 0.6) is 0 Å². The van der Waals surface area contributed by atoms with E-state index in [1.807, 2.05) is 18.2 Å². The summed E-state index contributed by atoms with van der Waals surface area (Å²) in [6, 6.07) is 22.8. The second-order valence-electron chi connectivity index (χ2n) is 4.96. The first-order valence-corrected chi connectivity index (χ1v) is 7.21. The summed E-state index contributed by atoms with van der Waals surface area (Å²) in [5.74, 6) is 0. The molecule has 4 aromatic rings. The standard InChI is InChI=1S/C18H12N2S/c21-18-19-16-11-4-3-9-15(16)17(20-18)14-10-5-7-12-6-1-2-8-13(12)14/h1-11H,(H,19,20,21). The molecule has 4 rings (SSSR count). The monoisotopic (exact) mass is 288 g/mol. The minimum absolute atomic E-state index is 0.511. The van der Waals surface area contributed by atoms with E-state index in [1.165, 1.54) is 10.8 Å². The van der Waals surface area contributed by atoms with Crippen LogP contribution in [0, 0.1) is 4.77 Å². The van der Waals surface area contributed by atoms with Gasteiger partial charge in [-0.3, -0.25) is 0 Å². The van der Waals surface area contributed by atoms with E-state index in [-0.39, 0.29) is 0 Å². The van der Waals surface area contributed by atoms with Crippen LogP contribution in [0.3, 0.4) is 0 Å². The first-order valence-electron chi connectivity index (χ1n) is 6.80. The van der Waals surface area contributed by atoms with E-state index in [0.29, 0.717) is 4.77 Å². The number of aromatic amines is 1. The molecule has 0 aliphatic heterocycles. The first kappa shape index (κ1) is 12.2. The molecule has 3 aromatic carbocycles. The number of nitrogens with zero attached hydrogens (tertiary/aromatic N) is 1. The lowest BCUT2D eigenvalue weighted by atomic mass is 9.99. The van der Waals surface area contributed by atoms with Gasteiger partial charge in [0.25, 0.3) is 0 Å². The Balaban J connectivity index is 2.16. The molecule has 21 heavy (non-hydrogen) atoms. The number of aromatic nitrogens is 2. The molecule has 0 radical (unpaired) electrons. The molecule has 0 spiro atoms. The highest BCUT2D eigenvalue weighted by Crippen LogP contribution is 2.31. The van der Waals surface area contributed by atoms with E-state index in [2.05, 4.69) is 58.5 Å². The average molecular weight is 288 g/mol. The maximum atomic E-state index is 5.28. The lowest BCUT2D eigenvalue weighted by Gasteiger charge is -2.09. The van der Waals surface area contributed by atoms with Crippen LogP contribution in [-0.4, -0.2) is 9.97 Å². The summed E-state index contributed by atoms with van der Waals surface area (Å²) in [6.07, 6.45) is 0. The van der Waals surface area contributed by atoms with Crippen molar-refractivity contribution >= 4 is 33.9 Å². The molecular weight excluding hydrogens is 276 g/mol. The van der Waals surface area contributed by atoms with Gasteiger partial charge in [0.2, 0.25) is 0 Å². The number of hydrogen-bond acceptors (Lipinski definition) is 2. The molecule has 1 aromatic heterocycles. The Labute approximate surface area is 127 Å². The summed E-state index contributed by atoms with van der Waals surface area (Å²) in [4.78, 5) is 7.73. The van der Waals surface area contributed by atoms with Crippen LogP contribution in [0.4, 0.5) is 0 Å². The Morgan fingerprint density at radius 2 is 1.48 bits per heavy atom. The summed E-state index contributed by atoms with van der Waals surface area (Å²) in [5, 5.41) is 3.49. The van der Waals surface area contributed by atoms with Crippen molar-refractivity contribution in [1.82, 2.24) is 9.97 Å². The third-order valence-corrected chi connectivity index (χ3v) is 3.88. The van der Waals surface area contributed by atoms with Crippen molar-refractivity contribution in [2.75, 3.05) is 0 Å². The van der Waals surface area contributed by atoms with Crippen molar-refractivity contribution in [2.45, 2.75) is 0 Å². The van der Waals surface area contributed by atoms with Crippen LogP contribution in [0.15, 0.2) is 66.7 Å². The zero-order valence-corrected chi connectivity index (χ0v) is 12.0. The second kappa shape index (κ2) is 4.79. The Kier molecular flexibility index (Phi) is 2.79. The molecule has 0 aliphatic rings. The number of H-pyrrole nitrogens is 1. The van der Waals surface area contributed by atoms with E-state index in [0.717, 1.165) is 22.2 Å². The number of para-hydroxylation sites is 1. The largest absolute Gasteiger partial charge is 0.330 e. The highest BCUT2D eigenvalue weighted by Gasteiger charge is 2.09. The van der Waals surface area contributed by atoms with Gasteiger partial charge in [-0.05, 0) is 29.1 Å². The number of hydrogen-bond donors (Lipinski definition) is 1. The molecule has 100 valence electrons. The summed E-state index contributed by atoms with van der Waals surface area (Å²) in [6.45, 7) is 0. The van der Waals surface area contributed by atoms with Crippen molar-refractivity contribution in [1.29, 1.82) is 0 Å². The van der Waals surface area contributed by atoms with Crippen molar-refractivity contribution in [2.24, 2.45) is 0 Å². The maximum Gasteiger partial charge on any atom is 0.197 e. The van der Waals surface area contributed by atoms with Gasteiger partial charge in [-0.15, -0.1) is 0 Å². The summed E-state index contributed by atoms with van der Waals surface area (Å²) < 4.78 is 0.511. The van der Waals surface area contributed by atoms with Crippen LogP contribution >= 0.6 is 12.2 Å². The Bertz CT molecular complexity index is 1010. The molecule has 0 atom stereocenters. The molecule has 0 fully saturated rings. The Hall–Kier alpha value is -2.52. The minimum atomic E-state index is 0.511. The molecule has 2 nitrogen and oxygen atoms in total. The van der Waals surface area contributed by atoms with Crippen LogP contribution in [0.2, 0.25) is 0 Å². The lowest BCUT2D eigenvalue weighted by molar-refractivity contribution is 1.19. The first-order chi connectivity index (χ1) is 10.3. The topological polar surface area (TPSA) is 28.7 Å². The fourth-order valence-corrected chi connectivity index (χ4v) is 2.94. The van der Waals surface area contributed by atoms with Crippen LogP contribution < -0.4 is 0 Å². The van der Waals surface area contributed by atoms with Crippen LogP contribution in [0.1, 0.15) is 0 Å². The zero-order chi connectivity index (χ0) is 14.2. The fraction of sp³-hybridized carbons (Fsp3) is 0. The second-order valence-corrected chi connectivity index (χ2v) is 5.35. The Morgan fingerprint density at radius 1 is 0.762 bits per heavy atom. The molecule has 0 bridgehead atoms. The van der Waals surface area contributed by atoms with Gasteiger partial charge in [-0.25, -0.2) is 4.98 Å². The van der Waals surface area contributed by atoms with Gasteiger partial charge in [-0.1, -0.05) is 60.7 Å². The highest BCUT2D eigenvalue weighted by atomic mass is 32.1. The van der Waals surface area contributed by atoms with Gasteiger partial charge < -0.3 is 4.98 Å². The molecule has 3 heteroatoms. The predicted octanol–water partition coefficient (Wildman–Crippen LogP) is 5.11. The van der Waals surface area contributed by atoms with E-state index < -0.39 is 0 Å². The van der Waals surface area contributed by atoms with Crippen molar-refractivity contribution in [3.8, 4) is 11.3 Å². The van der Waals surface area contributed by atoms with Crippen molar-refractivity contribution < 1.29 is 0 Å². The van der Waals surface area contributed by atoms with Crippen LogP contribution in [-0.2, 0) is 0 Å². The van der Waals surface area contributed by atoms with E-state index in [1.54, 1.807) is 0 Å². The third kappa shape index (κ3) is 2.03. The predicted molar refractivity (Wildman–Crippen MR) is 89.9 cm³/mol. The Morgan fingerprint density at radius 3 is 2.38 bits per heavy atom.